The van der Waals surface area contributed by atoms with Gasteiger partial charge < -0.3 is 4.40 Å². The summed E-state index contributed by atoms with van der Waals surface area (Å²) in [4.78, 5) is 14.6. The molecule has 5 nitrogen and oxygen atoms in total. The molecule has 0 amide bonds. The summed E-state index contributed by atoms with van der Waals surface area (Å²) in [5.41, 5.74) is 2.26. The normalized spacial score (nSPS) is 10.8. The molecule has 0 N–H and O–H groups in total. The van der Waals surface area contributed by atoms with Crippen LogP contribution in [0.3, 0.4) is 0 Å². The fourth-order valence-electron chi connectivity index (χ4n) is 1.87. The van der Waals surface area contributed by atoms with Gasteiger partial charge in [-0.15, -0.1) is 0 Å². The summed E-state index contributed by atoms with van der Waals surface area (Å²) in [6.45, 7) is 0. The number of nitro benzene ring substituents is 1. The van der Waals surface area contributed by atoms with E-state index in [1.54, 1.807) is 18.2 Å². The molecular formula is C13H8ClN3O2. The largest absolute Gasteiger partial charge is 0.305 e. The summed E-state index contributed by atoms with van der Waals surface area (Å²) in [6, 6.07) is 9.86. The SMILES string of the molecule is O=[N+]([O-])c1ccc(-c2cn3cccc(Cl)c3n2)cc1. The van der Waals surface area contributed by atoms with Crippen LogP contribution >= 0.6 is 11.6 Å². The van der Waals surface area contributed by atoms with Crippen molar-refractivity contribution in [3.8, 4) is 11.3 Å². The number of rotatable bonds is 2. The van der Waals surface area contributed by atoms with E-state index in [-0.39, 0.29) is 5.69 Å². The number of fused-ring (bicyclic) bond motifs is 1. The van der Waals surface area contributed by atoms with Crippen LogP contribution in [0.25, 0.3) is 16.9 Å². The summed E-state index contributed by atoms with van der Waals surface area (Å²) in [6.07, 6.45) is 3.69. The average Bonchev–Trinajstić information content (AvgIpc) is 2.84. The molecular weight excluding hydrogens is 266 g/mol. The van der Waals surface area contributed by atoms with Crippen molar-refractivity contribution in [3.63, 3.8) is 0 Å². The molecule has 19 heavy (non-hydrogen) atoms. The second-order valence-corrected chi connectivity index (χ2v) is 4.42. The van der Waals surface area contributed by atoms with Gasteiger partial charge in [-0.1, -0.05) is 11.6 Å². The number of hydrogen-bond donors (Lipinski definition) is 0. The zero-order chi connectivity index (χ0) is 13.4. The van der Waals surface area contributed by atoms with E-state index in [1.165, 1.54) is 12.1 Å². The maximum atomic E-state index is 10.6. The van der Waals surface area contributed by atoms with Crippen molar-refractivity contribution in [2.24, 2.45) is 0 Å². The van der Waals surface area contributed by atoms with Crippen molar-refractivity contribution >= 4 is 22.9 Å². The molecule has 3 rings (SSSR count). The van der Waals surface area contributed by atoms with Gasteiger partial charge in [0.15, 0.2) is 5.65 Å². The molecule has 2 aromatic heterocycles. The van der Waals surface area contributed by atoms with Crippen LogP contribution in [0, 0.1) is 10.1 Å². The number of nitrogens with zero attached hydrogens (tertiary/aromatic N) is 3. The minimum atomic E-state index is -0.426. The Bertz CT molecular complexity index is 765. The van der Waals surface area contributed by atoms with Crippen LogP contribution < -0.4 is 0 Å². The second kappa shape index (κ2) is 4.37. The molecule has 0 aliphatic rings. The number of imidazole rings is 1. The molecule has 2 heterocycles. The van der Waals surface area contributed by atoms with Gasteiger partial charge in [0.05, 0.1) is 15.6 Å². The third-order valence-electron chi connectivity index (χ3n) is 2.81. The monoisotopic (exact) mass is 273 g/mol. The Morgan fingerprint density at radius 2 is 1.95 bits per heavy atom. The first-order valence-corrected chi connectivity index (χ1v) is 5.91. The molecule has 1 aromatic carbocycles. The Labute approximate surface area is 113 Å². The zero-order valence-corrected chi connectivity index (χ0v) is 10.4. The standard InChI is InChI=1S/C13H8ClN3O2/c14-11-2-1-7-16-8-12(15-13(11)16)9-3-5-10(6-4-9)17(18)19/h1-8H. The maximum absolute atomic E-state index is 10.6. The van der Waals surface area contributed by atoms with Crippen LogP contribution in [0.4, 0.5) is 5.69 Å². The first-order valence-electron chi connectivity index (χ1n) is 5.53. The van der Waals surface area contributed by atoms with E-state index in [9.17, 15) is 10.1 Å². The van der Waals surface area contributed by atoms with Crippen LogP contribution in [0.15, 0.2) is 48.8 Å². The molecule has 0 fully saturated rings. The van der Waals surface area contributed by atoms with Gasteiger partial charge in [-0.2, -0.15) is 0 Å². The summed E-state index contributed by atoms with van der Waals surface area (Å²) in [7, 11) is 0. The number of benzene rings is 1. The number of hydrogen-bond acceptors (Lipinski definition) is 3. The fraction of sp³-hybridized carbons (Fsp3) is 0. The van der Waals surface area contributed by atoms with Gasteiger partial charge >= 0.3 is 0 Å². The van der Waals surface area contributed by atoms with Gasteiger partial charge in [0.25, 0.3) is 5.69 Å². The Hall–Kier alpha value is -2.40. The van der Waals surface area contributed by atoms with E-state index < -0.39 is 4.92 Å². The zero-order valence-electron chi connectivity index (χ0n) is 9.65. The van der Waals surface area contributed by atoms with Crippen molar-refractivity contribution < 1.29 is 4.92 Å². The lowest BCUT2D eigenvalue weighted by Gasteiger charge is -1.95. The smallest absolute Gasteiger partial charge is 0.269 e. The summed E-state index contributed by atoms with van der Waals surface area (Å²) in [5.74, 6) is 0. The lowest BCUT2D eigenvalue weighted by molar-refractivity contribution is -0.384. The number of halogens is 1. The van der Waals surface area contributed by atoms with E-state index in [0.29, 0.717) is 10.7 Å². The van der Waals surface area contributed by atoms with Gasteiger partial charge in [-0.25, -0.2) is 4.98 Å². The molecule has 0 aliphatic carbocycles. The molecule has 0 saturated carbocycles. The first kappa shape index (κ1) is 11.7. The second-order valence-electron chi connectivity index (χ2n) is 4.02. The first-order chi connectivity index (χ1) is 9.15. The van der Waals surface area contributed by atoms with Gasteiger partial charge in [0.2, 0.25) is 0 Å². The Balaban J connectivity index is 2.09. The molecule has 0 saturated heterocycles. The van der Waals surface area contributed by atoms with Crippen LogP contribution in [-0.4, -0.2) is 14.3 Å². The van der Waals surface area contributed by atoms with Gasteiger partial charge in [-0.3, -0.25) is 10.1 Å². The van der Waals surface area contributed by atoms with Crippen molar-refractivity contribution in [1.82, 2.24) is 9.38 Å². The van der Waals surface area contributed by atoms with Crippen molar-refractivity contribution in [1.29, 1.82) is 0 Å². The minimum Gasteiger partial charge on any atom is -0.305 e. The third kappa shape index (κ3) is 2.04. The van der Waals surface area contributed by atoms with Gasteiger partial charge in [0, 0.05) is 30.1 Å². The fourth-order valence-corrected chi connectivity index (χ4v) is 2.08. The van der Waals surface area contributed by atoms with E-state index >= 15 is 0 Å². The number of non-ortho nitro benzene ring substituents is 1. The van der Waals surface area contributed by atoms with Crippen LogP contribution in [-0.2, 0) is 0 Å². The summed E-state index contributed by atoms with van der Waals surface area (Å²) >= 11 is 6.05. The molecule has 94 valence electrons. The number of aromatic nitrogens is 2. The van der Waals surface area contributed by atoms with Crippen molar-refractivity contribution in [3.05, 3.63) is 63.9 Å². The highest BCUT2D eigenvalue weighted by Gasteiger charge is 2.09. The maximum Gasteiger partial charge on any atom is 0.269 e. The molecule has 3 aromatic rings. The average molecular weight is 274 g/mol. The number of nitro groups is 1. The molecule has 0 spiro atoms. The lowest BCUT2D eigenvalue weighted by Crippen LogP contribution is -1.87. The van der Waals surface area contributed by atoms with Gasteiger partial charge in [0.1, 0.15) is 0 Å². The van der Waals surface area contributed by atoms with E-state index in [0.717, 1.165) is 11.3 Å². The van der Waals surface area contributed by atoms with E-state index in [1.807, 2.05) is 22.9 Å². The molecule has 0 radical (unpaired) electrons. The third-order valence-corrected chi connectivity index (χ3v) is 3.10. The summed E-state index contributed by atoms with van der Waals surface area (Å²) in [5, 5.41) is 11.2. The predicted octanol–water partition coefficient (Wildman–Crippen LogP) is 3.56. The highest BCUT2D eigenvalue weighted by molar-refractivity contribution is 6.33. The van der Waals surface area contributed by atoms with E-state index in [2.05, 4.69) is 4.98 Å². The molecule has 0 atom stereocenters. The van der Waals surface area contributed by atoms with Crippen molar-refractivity contribution in [2.45, 2.75) is 0 Å². The Kier molecular flexibility index (Phi) is 2.68. The van der Waals surface area contributed by atoms with Crippen LogP contribution in [0.1, 0.15) is 0 Å². The highest BCUT2D eigenvalue weighted by atomic mass is 35.5. The summed E-state index contributed by atoms with van der Waals surface area (Å²) < 4.78 is 1.82. The number of pyridine rings is 1. The van der Waals surface area contributed by atoms with Crippen LogP contribution in [0.5, 0.6) is 0 Å². The van der Waals surface area contributed by atoms with E-state index in [4.69, 9.17) is 11.6 Å². The van der Waals surface area contributed by atoms with Gasteiger partial charge in [-0.05, 0) is 24.3 Å². The Morgan fingerprint density at radius 3 is 2.58 bits per heavy atom. The highest BCUT2D eigenvalue weighted by Crippen LogP contribution is 2.24. The molecule has 0 aliphatic heterocycles. The topological polar surface area (TPSA) is 60.4 Å². The minimum absolute atomic E-state index is 0.0607. The Morgan fingerprint density at radius 1 is 1.21 bits per heavy atom. The molecule has 0 unspecified atom stereocenters. The molecule has 0 bridgehead atoms. The van der Waals surface area contributed by atoms with Crippen LogP contribution in [0.2, 0.25) is 5.02 Å². The lowest BCUT2D eigenvalue weighted by atomic mass is 10.1. The molecule has 6 heteroatoms. The quantitative estimate of drug-likeness (QED) is 0.530. The predicted molar refractivity (Wildman–Crippen MR) is 72.3 cm³/mol. The van der Waals surface area contributed by atoms with Crippen molar-refractivity contribution in [2.75, 3.05) is 0 Å².